The van der Waals surface area contributed by atoms with Crippen molar-refractivity contribution in [2.24, 2.45) is 0 Å². The molecular formula is C20H25N3O4S2. The van der Waals surface area contributed by atoms with Gasteiger partial charge in [0, 0.05) is 12.7 Å². The largest absolute Gasteiger partial charge is 0.335 e. The van der Waals surface area contributed by atoms with Crippen molar-refractivity contribution in [2.75, 3.05) is 30.9 Å². The fourth-order valence-corrected chi connectivity index (χ4v) is 4.32. The molecule has 1 atom stereocenters. The molecule has 1 unspecified atom stereocenters. The summed E-state index contributed by atoms with van der Waals surface area (Å²) in [5.41, 5.74) is 0.627. The molecular weight excluding hydrogens is 410 g/mol. The van der Waals surface area contributed by atoms with E-state index in [4.69, 9.17) is 0 Å². The third kappa shape index (κ3) is 7.19. The first-order valence-corrected chi connectivity index (χ1v) is 11.9. The Morgan fingerprint density at radius 1 is 1.03 bits per heavy atom. The fourth-order valence-electron chi connectivity index (χ4n) is 2.60. The molecule has 9 heteroatoms. The third-order valence-electron chi connectivity index (χ3n) is 4.07. The molecule has 7 nitrogen and oxygen atoms in total. The number of hydrogen-bond donors (Lipinski definition) is 2. The van der Waals surface area contributed by atoms with Gasteiger partial charge in [-0.1, -0.05) is 36.4 Å². The minimum Gasteiger partial charge on any atom is -0.335 e. The van der Waals surface area contributed by atoms with Crippen molar-refractivity contribution in [3.8, 4) is 0 Å². The maximum absolute atomic E-state index is 12.9. The van der Waals surface area contributed by atoms with E-state index in [0.717, 1.165) is 0 Å². The van der Waals surface area contributed by atoms with Crippen molar-refractivity contribution in [1.82, 2.24) is 9.62 Å². The average molecular weight is 436 g/mol. The van der Waals surface area contributed by atoms with Gasteiger partial charge in [0.05, 0.1) is 11.4 Å². The Hall–Kier alpha value is -2.36. The van der Waals surface area contributed by atoms with E-state index in [9.17, 15) is 18.0 Å². The summed E-state index contributed by atoms with van der Waals surface area (Å²) in [7, 11) is -2.37. The number of hydrogen-bond acceptors (Lipinski definition) is 5. The number of likely N-dealkylation sites (N-methyl/N-ethyl adjacent to an activating group) is 1. The standard InChI is InChI=1S/C20H25N3O4S2/c1-23(15-19(24)21-16-9-5-3-6-10-16)20(25)18(13-14-28-2)22-29(26,27)17-11-7-4-8-12-17/h3-12,18,22H,13-15H2,1-2H3,(H,21,24). The average Bonchev–Trinajstić information content (AvgIpc) is 2.71. The van der Waals surface area contributed by atoms with Crippen molar-refractivity contribution in [1.29, 1.82) is 0 Å². The van der Waals surface area contributed by atoms with Crippen molar-refractivity contribution in [3.63, 3.8) is 0 Å². The van der Waals surface area contributed by atoms with Crippen LogP contribution in [0.25, 0.3) is 0 Å². The molecule has 0 spiro atoms. The number of rotatable bonds is 10. The van der Waals surface area contributed by atoms with Gasteiger partial charge in [-0.3, -0.25) is 9.59 Å². The number of sulfonamides is 1. The maximum atomic E-state index is 12.9. The van der Waals surface area contributed by atoms with Gasteiger partial charge in [0.1, 0.15) is 6.04 Å². The van der Waals surface area contributed by atoms with E-state index < -0.39 is 22.0 Å². The van der Waals surface area contributed by atoms with E-state index in [0.29, 0.717) is 17.9 Å². The molecule has 2 N–H and O–H groups in total. The topological polar surface area (TPSA) is 95.6 Å². The van der Waals surface area contributed by atoms with Crippen LogP contribution in [0.2, 0.25) is 0 Å². The van der Waals surface area contributed by atoms with Gasteiger partial charge in [-0.15, -0.1) is 0 Å². The molecule has 0 radical (unpaired) electrons. The summed E-state index contributed by atoms with van der Waals surface area (Å²) in [5, 5.41) is 2.71. The molecule has 0 fully saturated rings. The second kappa shape index (κ2) is 11.0. The van der Waals surface area contributed by atoms with Gasteiger partial charge in [0.25, 0.3) is 0 Å². The maximum Gasteiger partial charge on any atom is 0.243 e. The number of benzene rings is 2. The van der Waals surface area contributed by atoms with E-state index in [-0.39, 0.29) is 17.3 Å². The number of amides is 2. The predicted octanol–water partition coefficient (Wildman–Crippen LogP) is 2.18. The van der Waals surface area contributed by atoms with E-state index >= 15 is 0 Å². The number of nitrogens with one attached hydrogen (secondary N) is 2. The van der Waals surface area contributed by atoms with Crippen LogP contribution >= 0.6 is 11.8 Å². The van der Waals surface area contributed by atoms with Crippen LogP contribution < -0.4 is 10.0 Å². The first-order chi connectivity index (χ1) is 13.8. The van der Waals surface area contributed by atoms with E-state index in [1.807, 2.05) is 12.3 Å². The van der Waals surface area contributed by atoms with Gasteiger partial charge < -0.3 is 10.2 Å². The van der Waals surface area contributed by atoms with Crippen LogP contribution in [0, 0.1) is 0 Å². The summed E-state index contributed by atoms with van der Waals surface area (Å²) < 4.78 is 27.7. The molecule has 0 bridgehead atoms. The second-order valence-corrected chi connectivity index (χ2v) is 9.08. The minimum atomic E-state index is -3.85. The molecule has 0 aromatic heterocycles. The van der Waals surface area contributed by atoms with Crippen molar-refractivity contribution in [3.05, 3.63) is 60.7 Å². The zero-order chi connectivity index (χ0) is 21.3. The Morgan fingerprint density at radius 3 is 2.21 bits per heavy atom. The van der Waals surface area contributed by atoms with E-state index in [1.165, 1.54) is 35.8 Å². The number of carbonyl (C=O) groups is 2. The summed E-state index contributed by atoms with van der Waals surface area (Å²) in [6.45, 7) is -0.184. The lowest BCUT2D eigenvalue weighted by Gasteiger charge is -2.24. The quantitative estimate of drug-likeness (QED) is 0.596. The van der Waals surface area contributed by atoms with Gasteiger partial charge in [0.2, 0.25) is 21.8 Å². The molecule has 2 amide bonds. The first-order valence-electron chi connectivity index (χ1n) is 8.99. The summed E-state index contributed by atoms with van der Waals surface area (Å²) in [6.07, 6.45) is 2.20. The molecule has 2 aromatic carbocycles. The normalized spacial score (nSPS) is 12.2. The Morgan fingerprint density at radius 2 is 1.62 bits per heavy atom. The summed E-state index contributed by atoms with van der Waals surface area (Å²) >= 11 is 1.51. The second-order valence-electron chi connectivity index (χ2n) is 6.38. The van der Waals surface area contributed by atoms with Gasteiger partial charge in [-0.25, -0.2) is 8.42 Å². The van der Waals surface area contributed by atoms with Gasteiger partial charge in [-0.2, -0.15) is 16.5 Å². The van der Waals surface area contributed by atoms with E-state index in [2.05, 4.69) is 10.0 Å². The molecule has 2 rings (SSSR count). The van der Waals surface area contributed by atoms with Crippen LogP contribution in [0.5, 0.6) is 0 Å². The van der Waals surface area contributed by atoms with Crippen molar-refractivity contribution in [2.45, 2.75) is 17.4 Å². The van der Waals surface area contributed by atoms with Crippen LogP contribution in [0.1, 0.15) is 6.42 Å². The summed E-state index contributed by atoms with van der Waals surface area (Å²) in [4.78, 5) is 26.4. The Balaban J connectivity index is 2.06. The SMILES string of the molecule is CSCCC(NS(=O)(=O)c1ccccc1)C(=O)N(C)CC(=O)Nc1ccccc1. The van der Waals surface area contributed by atoms with Crippen LogP contribution in [-0.2, 0) is 19.6 Å². The number of nitrogens with zero attached hydrogens (tertiary/aromatic N) is 1. The van der Waals surface area contributed by atoms with E-state index in [1.54, 1.807) is 42.5 Å². The zero-order valence-electron chi connectivity index (χ0n) is 16.4. The van der Waals surface area contributed by atoms with Crippen LogP contribution in [0.15, 0.2) is 65.6 Å². The number of anilines is 1. The van der Waals surface area contributed by atoms with Gasteiger partial charge in [0.15, 0.2) is 0 Å². The number of para-hydroxylation sites is 1. The molecule has 156 valence electrons. The molecule has 0 aliphatic rings. The molecule has 2 aromatic rings. The van der Waals surface area contributed by atoms with Crippen molar-refractivity contribution >= 4 is 39.3 Å². The van der Waals surface area contributed by atoms with Gasteiger partial charge >= 0.3 is 0 Å². The lowest BCUT2D eigenvalue weighted by Crippen LogP contribution is -2.49. The Labute approximate surface area is 175 Å². The molecule has 0 aliphatic heterocycles. The smallest absolute Gasteiger partial charge is 0.243 e. The van der Waals surface area contributed by atoms with Crippen LogP contribution in [0.4, 0.5) is 5.69 Å². The Kier molecular flexibility index (Phi) is 8.69. The monoisotopic (exact) mass is 435 g/mol. The van der Waals surface area contributed by atoms with Crippen LogP contribution in [-0.4, -0.2) is 56.8 Å². The summed E-state index contributed by atoms with van der Waals surface area (Å²) in [5.74, 6) is -0.221. The third-order valence-corrected chi connectivity index (χ3v) is 6.21. The molecule has 0 heterocycles. The highest BCUT2D eigenvalue weighted by Crippen LogP contribution is 2.12. The lowest BCUT2D eigenvalue weighted by molar-refractivity contribution is -0.134. The van der Waals surface area contributed by atoms with Crippen molar-refractivity contribution < 1.29 is 18.0 Å². The Bertz CT molecular complexity index is 906. The van der Waals surface area contributed by atoms with Gasteiger partial charge in [-0.05, 0) is 42.7 Å². The number of thioether (sulfide) groups is 1. The highest BCUT2D eigenvalue weighted by atomic mass is 32.2. The highest BCUT2D eigenvalue weighted by molar-refractivity contribution is 7.98. The van der Waals surface area contributed by atoms with Crippen LogP contribution in [0.3, 0.4) is 0 Å². The fraction of sp³-hybridized carbons (Fsp3) is 0.300. The zero-order valence-corrected chi connectivity index (χ0v) is 18.0. The molecule has 0 aliphatic carbocycles. The minimum absolute atomic E-state index is 0.0893. The number of carbonyl (C=O) groups excluding carboxylic acids is 2. The molecule has 0 saturated heterocycles. The first kappa shape index (κ1) is 22.9. The molecule has 29 heavy (non-hydrogen) atoms. The summed E-state index contributed by atoms with van der Waals surface area (Å²) in [6, 6.07) is 15.8. The molecule has 0 saturated carbocycles. The lowest BCUT2D eigenvalue weighted by atomic mass is 10.2. The predicted molar refractivity (Wildman–Crippen MR) is 116 cm³/mol. The highest BCUT2D eigenvalue weighted by Gasteiger charge is 2.28.